The van der Waals surface area contributed by atoms with Gasteiger partial charge in [0.05, 0.1) is 5.69 Å². The van der Waals surface area contributed by atoms with Crippen LogP contribution < -0.4 is 10.2 Å². The van der Waals surface area contributed by atoms with Crippen molar-refractivity contribution >= 4 is 17.4 Å². The molecule has 0 bridgehead atoms. The molecule has 0 spiro atoms. The summed E-state index contributed by atoms with van der Waals surface area (Å²) in [5.74, 6) is 0. The maximum absolute atomic E-state index is 13.0. The van der Waals surface area contributed by atoms with Crippen LogP contribution in [0.15, 0.2) is 30.5 Å². The molecular weight excluding hydrogens is 321 g/mol. The summed E-state index contributed by atoms with van der Waals surface area (Å²) in [6, 6.07) is 6.88. The van der Waals surface area contributed by atoms with E-state index in [1.807, 2.05) is 24.3 Å². The molecule has 0 aliphatic carbocycles. The lowest BCUT2D eigenvalue weighted by Gasteiger charge is -2.23. The Labute approximate surface area is 137 Å². The Kier molecular flexibility index (Phi) is 4.21. The van der Waals surface area contributed by atoms with Crippen molar-refractivity contribution < 1.29 is 18.0 Å². The Balaban J connectivity index is 1.89. The number of aromatic nitrogens is 2. The van der Waals surface area contributed by atoms with Crippen LogP contribution in [0.4, 0.5) is 29.3 Å². The first-order valence-corrected chi connectivity index (χ1v) is 7.63. The number of nitrogens with one attached hydrogen (secondary N) is 1. The number of amides is 2. The van der Waals surface area contributed by atoms with Gasteiger partial charge in [-0.15, -0.1) is 0 Å². The molecule has 0 radical (unpaired) electrons. The summed E-state index contributed by atoms with van der Waals surface area (Å²) in [6.45, 7) is 0.463. The standard InChI is InChI=1S/C16H17F3N4O/c1-22-10-12(14(21-22)16(17,18)19)20-15(24)23-9-5-4-7-11-6-2-3-8-13(11)23/h2-3,6,8,10H,4-5,7,9H2,1H3,(H,20,24). The molecule has 2 aromatic rings. The number of fused-ring (bicyclic) bond motifs is 1. The van der Waals surface area contributed by atoms with Gasteiger partial charge in [-0.05, 0) is 30.9 Å². The number of para-hydroxylation sites is 1. The second kappa shape index (κ2) is 6.18. The number of rotatable bonds is 1. The summed E-state index contributed by atoms with van der Waals surface area (Å²) >= 11 is 0. The fourth-order valence-corrected chi connectivity index (χ4v) is 2.87. The van der Waals surface area contributed by atoms with E-state index < -0.39 is 17.9 Å². The van der Waals surface area contributed by atoms with Crippen LogP contribution in [0.1, 0.15) is 24.1 Å². The Morgan fingerprint density at radius 1 is 1.25 bits per heavy atom. The van der Waals surface area contributed by atoms with Crippen molar-refractivity contribution in [1.82, 2.24) is 9.78 Å². The highest BCUT2D eigenvalue weighted by Gasteiger charge is 2.38. The SMILES string of the molecule is Cn1cc(NC(=O)N2CCCCc3ccccc32)c(C(F)(F)F)n1. The molecule has 0 unspecified atom stereocenters. The maximum atomic E-state index is 13.0. The van der Waals surface area contributed by atoms with E-state index in [0.29, 0.717) is 6.54 Å². The van der Waals surface area contributed by atoms with Gasteiger partial charge in [-0.1, -0.05) is 18.2 Å². The van der Waals surface area contributed by atoms with E-state index in [1.54, 1.807) is 0 Å². The number of anilines is 2. The summed E-state index contributed by atoms with van der Waals surface area (Å²) in [6.07, 6.45) is -0.894. The zero-order valence-electron chi connectivity index (χ0n) is 13.1. The molecule has 1 N–H and O–H groups in total. The highest BCUT2D eigenvalue weighted by molar-refractivity contribution is 6.02. The molecule has 1 aromatic heterocycles. The monoisotopic (exact) mass is 338 g/mol. The zero-order valence-corrected chi connectivity index (χ0v) is 13.1. The van der Waals surface area contributed by atoms with Crippen LogP contribution in [0.3, 0.4) is 0 Å². The molecule has 24 heavy (non-hydrogen) atoms. The smallest absolute Gasteiger partial charge is 0.304 e. The van der Waals surface area contributed by atoms with Crippen LogP contribution in [0.2, 0.25) is 0 Å². The second-order valence-corrected chi connectivity index (χ2v) is 5.73. The van der Waals surface area contributed by atoms with E-state index in [2.05, 4.69) is 10.4 Å². The van der Waals surface area contributed by atoms with Gasteiger partial charge >= 0.3 is 12.2 Å². The summed E-state index contributed by atoms with van der Waals surface area (Å²) in [4.78, 5) is 14.1. The Morgan fingerprint density at radius 2 is 2.00 bits per heavy atom. The molecule has 1 aromatic carbocycles. The summed E-state index contributed by atoms with van der Waals surface area (Å²) in [5.41, 5.74) is 0.329. The van der Waals surface area contributed by atoms with Crippen LogP contribution in [-0.4, -0.2) is 22.4 Å². The molecule has 0 fully saturated rings. The third-order valence-corrected chi connectivity index (χ3v) is 3.94. The predicted octanol–water partition coefficient (Wildman–Crippen LogP) is 3.81. The molecule has 5 nitrogen and oxygen atoms in total. The summed E-state index contributed by atoms with van der Waals surface area (Å²) < 4.78 is 40.1. The van der Waals surface area contributed by atoms with Crippen molar-refractivity contribution in [3.8, 4) is 0 Å². The summed E-state index contributed by atoms with van der Waals surface area (Å²) in [7, 11) is 1.38. The molecule has 1 aliphatic heterocycles. The largest absolute Gasteiger partial charge is 0.437 e. The molecule has 2 amide bonds. The number of halogens is 3. The number of hydrogen-bond acceptors (Lipinski definition) is 2. The van der Waals surface area contributed by atoms with E-state index in [4.69, 9.17) is 0 Å². The van der Waals surface area contributed by atoms with Gasteiger partial charge in [0.1, 0.15) is 0 Å². The average molecular weight is 338 g/mol. The molecule has 1 aliphatic rings. The van der Waals surface area contributed by atoms with Gasteiger partial charge < -0.3 is 5.32 Å². The second-order valence-electron chi connectivity index (χ2n) is 5.73. The van der Waals surface area contributed by atoms with Gasteiger partial charge in [-0.25, -0.2) is 4.79 Å². The molecule has 0 atom stereocenters. The first kappa shape index (κ1) is 16.4. The highest BCUT2D eigenvalue weighted by atomic mass is 19.4. The molecule has 128 valence electrons. The minimum Gasteiger partial charge on any atom is -0.304 e. The predicted molar refractivity (Wildman–Crippen MR) is 84.0 cm³/mol. The Hall–Kier alpha value is -2.51. The number of hydrogen-bond donors (Lipinski definition) is 1. The maximum Gasteiger partial charge on any atom is 0.437 e. The third-order valence-electron chi connectivity index (χ3n) is 3.94. The molecule has 2 heterocycles. The molecular formula is C16H17F3N4O. The van der Waals surface area contributed by atoms with Crippen molar-refractivity contribution in [3.05, 3.63) is 41.7 Å². The average Bonchev–Trinajstić information content (AvgIpc) is 2.77. The highest BCUT2D eigenvalue weighted by Crippen LogP contribution is 2.34. The van der Waals surface area contributed by atoms with Crippen LogP contribution >= 0.6 is 0 Å². The lowest BCUT2D eigenvalue weighted by atomic mass is 10.1. The fraction of sp³-hybridized carbons (Fsp3) is 0.375. The minimum absolute atomic E-state index is 0.336. The van der Waals surface area contributed by atoms with Gasteiger partial charge in [0.15, 0.2) is 5.69 Å². The van der Waals surface area contributed by atoms with E-state index in [1.165, 1.54) is 11.9 Å². The number of aryl methyl sites for hydroxylation is 2. The Bertz CT molecular complexity index is 754. The van der Waals surface area contributed by atoms with Crippen LogP contribution in [-0.2, 0) is 19.6 Å². The van der Waals surface area contributed by atoms with Crippen molar-refractivity contribution in [1.29, 1.82) is 0 Å². The van der Waals surface area contributed by atoms with Gasteiger partial charge in [0.2, 0.25) is 0 Å². The molecule has 3 rings (SSSR count). The first-order valence-electron chi connectivity index (χ1n) is 7.63. The van der Waals surface area contributed by atoms with Crippen LogP contribution in [0, 0.1) is 0 Å². The van der Waals surface area contributed by atoms with Gasteiger partial charge in [-0.3, -0.25) is 9.58 Å². The fourth-order valence-electron chi connectivity index (χ4n) is 2.87. The lowest BCUT2D eigenvalue weighted by molar-refractivity contribution is -0.140. The van der Waals surface area contributed by atoms with Crippen LogP contribution in [0.5, 0.6) is 0 Å². The molecule has 0 saturated carbocycles. The quantitative estimate of drug-likeness (QED) is 0.859. The number of alkyl halides is 3. The number of nitrogens with zero attached hydrogens (tertiary/aromatic N) is 3. The topological polar surface area (TPSA) is 50.2 Å². The normalized spacial score (nSPS) is 14.9. The molecule has 0 saturated heterocycles. The van der Waals surface area contributed by atoms with Crippen molar-refractivity contribution in [2.75, 3.05) is 16.8 Å². The number of urea groups is 1. The minimum atomic E-state index is -4.62. The van der Waals surface area contributed by atoms with E-state index >= 15 is 0 Å². The van der Waals surface area contributed by atoms with E-state index in [-0.39, 0.29) is 5.69 Å². The number of carbonyl (C=O) groups excluding carboxylic acids is 1. The van der Waals surface area contributed by atoms with E-state index in [9.17, 15) is 18.0 Å². The zero-order chi connectivity index (χ0) is 17.3. The Morgan fingerprint density at radius 3 is 2.75 bits per heavy atom. The lowest BCUT2D eigenvalue weighted by Crippen LogP contribution is -2.36. The number of benzene rings is 1. The van der Waals surface area contributed by atoms with Crippen molar-refractivity contribution in [2.24, 2.45) is 7.05 Å². The van der Waals surface area contributed by atoms with Crippen molar-refractivity contribution in [2.45, 2.75) is 25.4 Å². The van der Waals surface area contributed by atoms with Crippen LogP contribution in [0.25, 0.3) is 0 Å². The van der Waals surface area contributed by atoms with Gasteiger partial charge in [-0.2, -0.15) is 18.3 Å². The molecule has 8 heteroatoms. The van der Waals surface area contributed by atoms with Crippen molar-refractivity contribution in [3.63, 3.8) is 0 Å². The van der Waals surface area contributed by atoms with E-state index in [0.717, 1.165) is 41.4 Å². The third kappa shape index (κ3) is 3.22. The van der Waals surface area contributed by atoms with Gasteiger partial charge in [0.25, 0.3) is 0 Å². The summed E-state index contributed by atoms with van der Waals surface area (Å²) in [5, 5.41) is 5.76. The first-order chi connectivity index (χ1) is 11.4. The number of carbonyl (C=O) groups is 1. The van der Waals surface area contributed by atoms with Gasteiger partial charge in [0, 0.05) is 25.5 Å².